The fourth-order valence-corrected chi connectivity index (χ4v) is 0. The third-order valence-electron chi connectivity index (χ3n) is 0.365. The summed E-state index contributed by atoms with van der Waals surface area (Å²) in [6.45, 7) is 4.60. The molecule has 0 radical (unpaired) electrons. The average Bonchev–Trinajstić information content (AvgIpc) is 1.59. The molecular weight excluding hydrogens is 228 g/mol. The molecule has 0 aliphatic heterocycles. The summed E-state index contributed by atoms with van der Waals surface area (Å²) in [5, 5.41) is 7.89. The largest absolute Gasteiger partial charge is 0.478 e. The van der Waals surface area contributed by atoms with Crippen molar-refractivity contribution in [1.82, 2.24) is 0 Å². The van der Waals surface area contributed by atoms with Gasteiger partial charge in [0.1, 0.15) is 0 Å². The first-order valence-corrected chi connectivity index (χ1v) is 3.63. The molecule has 0 aliphatic carbocycles. The van der Waals surface area contributed by atoms with Crippen LogP contribution in [-0.4, -0.2) is 28.6 Å². The molecule has 6 nitrogen and oxygen atoms in total. The molecule has 0 spiro atoms. The molecule has 0 fully saturated rings. The van der Waals surface area contributed by atoms with Crippen molar-refractivity contribution >= 4 is 16.4 Å². The first kappa shape index (κ1) is 17.6. The van der Waals surface area contributed by atoms with Gasteiger partial charge in [-0.05, 0) is 6.92 Å². The van der Waals surface area contributed by atoms with Crippen molar-refractivity contribution in [3.63, 3.8) is 0 Å². The number of rotatable bonds is 1. The third-order valence-corrected chi connectivity index (χ3v) is 0.365. The standard InChI is InChI=1S/C4H6O2.Cr.H2O4S/c1-3(2)4(5)6;;1-5(2,3)4/h1H2,2H3,(H,5,6);;(H2,1,2,3,4). The number of carboxylic acid groups (broad SMARTS) is 1. The van der Waals surface area contributed by atoms with Gasteiger partial charge in [-0.2, -0.15) is 8.42 Å². The van der Waals surface area contributed by atoms with E-state index in [-0.39, 0.29) is 22.9 Å². The molecule has 0 amide bonds. The van der Waals surface area contributed by atoms with Crippen LogP contribution in [0.15, 0.2) is 12.2 Å². The Hall–Kier alpha value is -0.388. The molecule has 0 unspecified atom stereocenters. The van der Waals surface area contributed by atoms with Crippen LogP contribution in [0.5, 0.6) is 0 Å². The van der Waals surface area contributed by atoms with Crippen molar-refractivity contribution in [2.75, 3.05) is 0 Å². The molecule has 0 aromatic heterocycles. The van der Waals surface area contributed by atoms with Gasteiger partial charge in [-0.3, -0.25) is 9.11 Å². The maximum atomic E-state index is 9.60. The summed E-state index contributed by atoms with van der Waals surface area (Å²) in [5.74, 6) is -0.935. The maximum absolute atomic E-state index is 9.60. The van der Waals surface area contributed by atoms with E-state index in [2.05, 4.69) is 6.58 Å². The van der Waals surface area contributed by atoms with Crippen molar-refractivity contribution in [2.45, 2.75) is 6.92 Å². The van der Waals surface area contributed by atoms with Gasteiger partial charge in [-0.15, -0.1) is 0 Å². The molecule has 3 N–H and O–H groups in total. The second kappa shape index (κ2) is 7.27. The molecule has 0 saturated heterocycles. The Morgan fingerprint density at radius 2 is 1.42 bits per heavy atom. The SMILES string of the molecule is C=C(C)C(=O)O.O=S(=O)(O)O.[Cr]. The average molecular weight is 236 g/mol. The Labute approximate surface area is 80.6 Å². The molecule has 0 bridgehead atoms. The molecule has 0 aromatic carbocycles. The Morgan fingerprint density at radius 1 is 1.33 bits per heavy atom. The number of aliphatic carboxylic acids is 1. The summed E-state index contributed by atoms with van der Waals surface area (Å²) >= 11 is 0. The van der Waals surface area contributed by atoms with Gasteiger partial charge in [0.05, 0.1) is 0 Å². The van der Waals surface area contributed by atoms with Crippen molar-refractivity contribution in [3.05, 3.63) is 12.2 Å². The molecule has 0 rings (SSSR count). The minimum absolute atomic E-state index is 0. The number of carboxylic acids is 1. The van der Waals surface area contributed by atoms with E-state index in [0.29, 0.717) is 0 Å². The van der Waals surface area contributed by atoms with Gasteiger partial charge in [-0.25, -0.2) is 4.79 Å². The molecule has 0 saturated carbocycles. The van der Waals surface area contributed by atoms with Gasteiger partial charge in [0.25, 0.3) is 0 Å². The fraction of sp³-hybridized carbons (Fsp3) is 0.250. The normalized spacial score (nSPS) is 8.58. The predicted molar refractivity (Wildman–Crippen MR) is 36.6 cm³/mol. The van der Waals surface area contributed by atoms with Crippen molar-refractivity contribution in [2.24, 2.45) is 0 Å². The molecular formula is C4H8CrO6S. The minimum Gasteiger partial charge on any atom is -0.478 e. The first-order chi connectivity index (χ1) is 4.64. The van der Waals surface area contributed by atoms with E-state index in [1.54, 1.807) is 0 Å². The van der Waals surface area contributed by atoms with Gasteiger partial charge in [0.2, 0.25) is 0 Å². The summed E-state index contributed by atoms with van der Waals surface area (Å²) < 4.78 is 31.6. The van der Waals surface area contributed by atoms with Crippen LogP contribution in [0.1, 0.15) is 6.92 Å². The summed E-state index contributed by atoms with van der Waals surface area (Å²) in [5.41, 5.74) is 0.176. The number of hydrogen-bond acceptors (Lipinski definition) is 3. The smallest absolute Gasteiger partial charge is 0.394 e. The maximum Gasteiger partial charge on any atom is 0.394 e. The van der Waals surface area contributed by atoms with E-state index >= 15 is 0 Å². The molecule has 0 aliphatic rings. The fourth-order valence-electron chi connectivity index (χ4n) is 0. The summed E-state index contributed by atoms with van der Waals surface area (Å²) in [7, 11) is -4.67. The van der Waals surface area contributed by atoms with Crippen LogP contribution in [0.25, 0.3) is 0 Å². The summed E-state index contributed by atoms with van der Waals surface area (Å²) in [4.78, 5) is 9.60. The van der Waals surface area contributed by atoms with Gasteiger partial charge in [0, 0.05) is 22.9 Å². The van der Waals surface area contributed by atoms with Crippen LogP contribution in [0.3, 0.4) is 0 Å². The van der Waals surface area contributed by atoms with Gasteiger partial charge >= 0.3 is 16.4 Å². The van der Waals surface area contributed by atoms with E-state index in [9.17, 15) is 4.79 Å². The number of carbonyl (C=O) groups is 1. The van der Waals surface area contributed by atoms with Crippen LogP contribution in [0.2, 0.25) is 0 Å². The third kappa shape index (κ3) is 54.6. The van der Waals surface area contributed by atoms with E-state index in [1.165, 1.54) is 6.92 Å². The van der Waals surface area contributed by atoms with Crippen LogP contribution in [0, 0.1) is 0 Å². The molecule has 0 aromatic rings. The summed E-state index contributed by atoms with van der Waals surface area (Å²) in [6, 6.07) is 0. The zero-order chi connectivity index (χ0) is 9.65. The molecule has 0 heterocycles. The summed E-state index contributed by atoms with van der Waals surface area (Å²) in [6.07, 6.45) is 0. The van der Waals surface area contributed by atoms with Crippen LogP contribution in [-0.2, 0) is 32.6 Å². The van der Waals surface area contributed by atoms with E-state index < -0.39 is 16.4 Å². The molecule has 12 heavy (non-hydrogen) atoms. The van der Waals surface area contributed by atoms with Crippen molar-refractivity contribution < 1.29 is 44.8 Å². The number of hydrogen-bond donors (Lipinski definition) is 3. The van der Waals surface area contributed by atoms with E-state index in [1.807, 2.05) is 0 Å². The van der Waals surface area contributed by atoms with E-state index in [4.69, 9.17) is 22.6 Å². The van der Waals surface area contributed by atoms with Crippen LogP contribution >= 0.6 is 0 Å². The molecule has 8 heteroatoms. The van der Waals surface area contributed by atoms with E-state index in [0.717, 1.165) is 0 Å². The Kier molecular flexibility index (Phi) is 10.7. The molecule has 72 valence electrons. The Morgan fingerprint density at radius 3 is 1.42 bits per heavy atom. The van der Waals surface area contributed by atoms with Crippen molar-refractivity contribution in [1.29, 1.82) is 0 Å². The topological polar surface area (TPSA) is 112 Å². The minimum atomic E-state index is -4.67. The van der Waals surface area contributed by atoms with Gasteiger partial charge in [-0.1, -0.05) is 6.58 Å². The second-order valence-corrected chi connectivity index (χ2v) is 2.43. The quantitative estimate of drug-likeness (QED) is 0.436. The van der Waals surface area contributed by atoms with Crippen molar-refractivity contribution in [3.8, 4) is 0 Å². The zero-order valence-corrected chi connectivity index (χ0v) is 8.18. The second-order valence-electron chi connectivity index (χ2n) is 1.53. The Balaban J connectivity index is -0.000000126. The van der Waals surface area contributed by atoms with Crippen LogP contribution < -0.4 is 0 Å². The van der Waals surface area contributed by atoms with Gasteiger partial charge in [0.15, 0.2) is 0 Å². The van der Waals surface area contributed by atoms with Crippen LogP contribution in [0.4, 0.5) is 0 Å². The monoisotopic (exact) mass is 236 g/mol. The Bertz CT molecular complexity index is 222. The first-order valence-electron chi connectivity index (χ1n) is 2.23. The molecule has 0 atom stereocenters. The van der Waals surface area contributed by atoms with Gasteiger partial charge < -0.3 is 5.11 Å². The zero-order valence-electron chi connectivity index (χ0n) is 6.09. The predicted octanol–water partition coefficient (Wildman–Crippen LogP) is -0.00820.